The van der Waals surface area contributed by atoms with Gasteiger partial charge in [0.15, 0.2) is 0 Å². The summed E-state index contributed by atoms with van der Waals surface area (Å²) in [5, 5.41) is 4.78. The molecule has 0 bridgehead atoms. The highest BCUT2D eigenvalue weighted by atomic mass is 32.2. The lowest BCUT2D eigenvalue weighted by atomic mass is 10.3. The van der Waals surface area contributed by atoms with E-state index < -0.39 is 10.0 Å². The molecule has 0 unspecified atom stereocenters. The Balaban J connectivity index is 2.20. The molecule has 8 heteroatoms. The van der Waals surface area contributed by atoms with Crippen molar-refractivity contribution in [1.29, 1.82) is 0 Å². The van der Waals surface area contributed by atoms with E-state index in [2.05, 4.69) is 20.0 Å². The number of anilines is 1. The highest BCUT2D eigenvalue weighted by Gasteiger charge is 2.16. The average Bonchev–Trinajstić information content (AvgIpc) is 2.80. The average molecular weight is 284 g/mol. The first kappa shape index (κ1) is 12.9. The van der Waals surface area contributed by atoms with E-state index in [1.165, 1.54) is 30.1 Å². The summed E-state index contributed by atoms with van der Waals surface area (Å²) >= 11 is 1.18. The fourth-order valence-electron chi connectivity index (χ4n) is 1.35. The minimum atomic E-state index is -3.55. The van der Waals surface area contributed by atoms with E-state index in [4.69, 9.17) is 0 Å². The van der Waals surface area contributed by atoms with Gasteiger partial charge >= 0.3 is 0 Å². The summed E-state index contributed by atoms with van der Waals surface area (Å²) in [6, 6.07) is 1.65. The van der Waals surface area contributed by atoms with Gasteiger partial charge in [-0.3, -0.25) is 4.72 Å². The first-order valence-corrected chi connectivity index (χ1v) is 7.48. The highest BCUT2D eigenvalue weighted by molar-refractivity contribution is 7.94. The van der Waals surface area contributed by atoms with Crippen molar-refractivity contribution in [3.05, 3.63) is 35.7 Å². The Morgan fingerprint density at radius 3 is 2.72 bits per heavy atom. The number of sulfonamides is 1. The molecule has 6 nitrogen and oxygen atoms in total. The molecule has 2 rings (SSSR count). The summed E-state index contributed by atoms with van der Waals surface area (Å²) < 4.78 is 26.8. The molecule has 0 fully saturated rings. The zero-order chi connectivity index (χ0) is 13.0. The first-order valence-electron chi connectivity index (χ1n) is 5.11. The molecule has 2 aromatic rings. The maximum Gasteiger partial charge on any atom is 0.271 e. The van der Waals surface area contributed by atoms with Gasteiger partial charge in [0.05, 0.1) is 18.1 Å². The lowest BCUT2D eigenvalue weighted by molar-refractivity contribution is 0.603. The third-order valence-corrected chi connectivity index (χ3v) is 4.96. The second kappa shape index (κ2) is 5.42. The second-order valence-electron chi connectivity index (χ2n) is 3.54. The molecule has 0 atom stereocenters. The first-order chi connectivity index (χ1) is 8.62. The topological polar surface area (TPSA) is 84.0 Å². The van der Waals surface area contributed by atoms with Crippen LogP contribution in [0.1, 0.15) is 5.56 Å². The number of nitrogens with zero attached hydrogens (tertiary/aromatic N) is 2. The minimum Gasteiger partial charge on any atom is -0.316 e. The molecule has 18 heavy (non-hydrogen) atoms. The molecule has 2 heterocycles. The van der Waals surface area contributed by atoms with Crippen LogP contribution in [0.2, 0.25) is 0 Å². The molecule has 2 aromatic heterocycles. The molecule has 0 spiro atoms. The molecule has 0 radical (unpaired) electrons. The van der Waals surface area contributed by atoms with Gasteiger partial charge in [0.25, 0.3) is 10.0 Å². The summed E-state index contributed by atoms with van der Waals surface area (Å²) in [7, 11) is -1.74. The van der Waals surface area contributed by atoms with Gasteiger partial charge in [0.2, 0.25) is 0 Å². The monoisotopic (exact) mass is 284 g/mol. The number of thiophene rings is 1. The summed E-state index contributed by atoms with van der Waals surface area (Å²) in [6.45, 7) is 0.639. The van der Waals surface area contributed by atoms with Crippen molar-refractivity contribution in [3.8, 4) is 0 Å². The van der Waals surface area contributed by atoms with Crippen LogP contribution in [-0.2, 0) is 16.6 Å². The number of hydrogen-bond donors (Lipinski definition) is 2. The Labute approximate surface area is 109 Å². The molecule has 0 aromatic carbocycles. The molecule has 0 aliphatic heterocycles. The molecule has 0 amide bonds. The third kappa shape index (κ3) is 3.03. The Bertz CT molecular complexity index is 610. The Morgan fingerprint density at radius 2 is 2.06 bits per heavy atom. The summed E-state index contributed by atoms with van der Waals surface area (Å²) in [4.78, 5) is 7.51. The molecule has 0 aliphatic carbocycles. The van der Waals surface area contributed by atoms with E-state index in [1.54, 1.807) is 6.07 Å². The van der Waals surface area contributed by atoms with Gasteiger partial charge in [-0.2, -0.15) is 0 Å². The van der Waals surface area contributed by atoms with Gasteiger partial charge in [-0.15, -0.1) is 11.3 Å². The summed E-state index contributed by atoms with van der Waals surface area (Å²) in [5.74, 6) is 0. The number of rotatable bonds is 5. The molecule has 2 N–H and O–H groups in total. The Kier molecular flexibility index (Phi) is 3.90. The van der Waals surface area contributed by atoms with Gasteiger partial charge in [-0.25, -0.2) is 18.4 Å². The van der Waals surface area contributed by atoms with Gasteiger partial charge in [0, 0.05) is 6.54 Å². The molecular weight excluding hydrogens is 272 g/mol. The van der Waals surface area contributed by atoms with Crippen molar-refractivity contribution in [1.82, 2.24) is 15.3 Å². The van der Waals surface area contributed by atoms with E-state index in [1.807, 2.05) is 12.4 Å². The lowest BCUT2D eigenvalue weighted by Gasteiger charge is -2.04. The molecule has 0 saturated heterocycles. The summed E-state index contributed by atoms with van der Waals surface area (Å²) in [5.41, 5.74) is 1.29. The maximum absolute atomic E-state index is 12.0. The van der Waals surface area contributed by atoms with E-state index in [0.717, 1.165) is 5.56 Å². The van der Waals surface area contributed by atoms with Crippen LogP contribution in [-0.4, -0.2) is 25.4 Å². The molecule has 96 valence electrons. The van der Waals surface area contributed by atoms with E-state index in [0.29, 0.717) is 12.2 Å². The van der Waals surface area contributed by atoms with Crippen LogP contribution in [0.25, 0.3) is 0 Å². The van der Waals surface area contributed by atoms with Crippen LogP contribution in [0.15, 0.2) is 34.4 Å². The highest BCUT2D eigenvalue weighted by Crippen LogP contribution is 2.22. The lowest BCUT2D eigenvalue weighted by Crippen LogP contribution is -2.12. The number of nitrogens with one attached hydrogen (secondary N) is 2. The standard InChI is InChI=1S/C10H12N4O2S2/c1-11-3-8-2-10(17-6-8)18(15,16)14-9-4-12-7-13-5-9/h2,4-7,11,14H,3H2,1H3. The van der Waals surface area contributed by atoms with Crippen molar-refractivity contribution in [3.63, 3.8) is 0 Å². The molecular formula is C10H12N4O2S2. The normalized spacial score (nSPS) is 11.4. The van der Waals surface area contributed by atoms with Gasteiger partial charge in [-0.1, -0.05) is 0 Å². The van der Waals surface area contributed by atoms with Crippen LogP contribution in [0.3, 0.4) is 0 Å². The van der Waals surface area contributed by atoms with Gasteiger partial charge < -0.3 is 5.32 Å². The number of aromatic nitrogens is 2. The van der Waals surface area contributed by atoms with E-state index in [-0.39, 0.29) is 4.21 Å². The van der Waals surface area contributed by atoms with Crippen molar-refractivity contribution in [2.45, 2.75) is 10.8 Å². The van der Waals surface area contributed by atoms with Crippen molar-refractivity contribution >= 4 is 27.0 Å². The smallest absolute Gasteiger partial charge is 0.271 e. The number of hydrogen-bond acceptors (Lipinski definition) is 6. The fourth-order valence-corrected chi connectivity index (χ4v) is 3.59. The molecule has 0 aliphatic rings. The van der Waals surface area contributed by atoms with Crippen LogP contribution in [0.4, 0.5) is 5.69 Å². The van der Waals surface area contributed by atoms with Gasteiger partial charge in [0.1, 0.15) is 10.5 Å². The quantitative estimate of drug-likeness (QED) is 0.857. The van der Waals surface area contributed by atoms with E-state index >= 15 is 0 Å². The minimum absolute atomic E-state index is 0.275. The third-order valence-electron chi connectivity index (χ3n) is 2.09. The van der Waals surface area contributed by atoms with Crippen molar-refractivity contribution in [2.24, 2.45) is 0 Å². The van der Waals surface area contributed by atoms with Gasteiger partial charge in [-0.05, 0) is 24.1 Å². The maximum atomic E-state index is 12.0. The van der Waals surface area contributed by atoms with E-state index in [9.17, 15) is 8.42 Å². The van der Waals surface area contributed by atoms with Crippen LogP contribution in [0, 0.1) is 0 Å². The van der Waals surface area contributed by atoms with Crippen LogP contribution < -0.4 is 10.0 Å². The predicted octanol–water partition coefficient (Wildman–Crippen LogP) is 1.06. The fraction of sp³-hybridized carbons (Fsp3) is 0.200. The largest absolute Gasteiger partial charge is 0.316 e. The molecule has 0 saturated carbocycles. The Morgan fingerprint density at radius 1 is 1.33 bits per heavy atom. The second-order valence-corrected chi connectivity index (χ2v) is 6.36. The van der Waals surface area contributed by atoms with Crippen LogP contribution >= 0.6 is 11.3 Å². The van der Waals surface area contributed by atoms with Crippen molar-refractivity contribution < 1.29 is 8.42 Å². The predicted molar refractivity (Wildman–Crippen MR) is 69.9 cm³/mol. The zero-order valence-electron chi connectivity index (χ0n) is 9.62. The zero-order valence-corrected chi connectivity index (χ0v) is 11.3. The SMILES string of the molecule is CNCc1csc(S(=O)(=O)Nc2cncnc2)c1. The van der Waals surface area contributed by atoms with Crippen molar-refractivity contribution in [2.75, 3.05) is 11.8 Å². The summed E-state index contributed by atoms with van der Waals surface area (Å²) in [6.07, 6.45) is 4.16. The Hall–Kier alpha value is -1.51. The van der Waals surface area contributed by atoms with Crippen LogP contribution in [0.5, 0.6) is 0 Å².